The number of fused-ring (bicyclic) bond motifs is 1. The Morgan fingerprint density at radius 2 is 2.14 bits per heavy atom. The molecule has 4 heterocycles. The van der Waals surface area contributed by atoms with Crippen molar-refractivity contribution in [2.45, 2.75) is 38.4 Å². The van der Waals surface area contributed by atoms with Crippen molar-refractivity contribution in [1.29, 1.82) is 5.26 Å². The molecule has 8 heteroatoms. The number of amides is 1. The number of aromatic nitrogens is 2. The zero-order valence-electron chi connectivity index (χ0n) is 19.7. The van der Waals surface area contributed by atoms with Crippen molar-refractivity contribution in [1.82, 2.24) is 14.9 Å². The molecule has 8 nitrogen and oxygen atoms in total. The van der Waals surface area contributed by atoms with Gasteiger partial charge in [-0.05, 0) is 48.2 Å². The molecule has 2 aliphatic heterocycles. The summed E-state index contributed by atoms with van der Waals surface area (Å²) in [5, 5.41) is 20.3. The van der Waals surface area contributed by atoms with Gasteiger partial charge in [0.05, 0.1) is 18.8 Å². The van der Waals surface area contributed by atoms with Gasteiger partial charge in [0, 0.05) is 49.3 Å². The number of nitrogens with one attached hydrogen (secondary N) is 1. The van der Waals surface area contributed by atoms with E-state index in [-0.39, 0.29) is 12.0 Å². The summed E-state index contributed by atoms with van der Waals surface area (Å²) in [6, 6.07) is 10.1. The molecule has 2 aliphatic rings. The minimum absolute atomic E-state index is 0.0846. The van der Waals surface area contributed by atoms with E-state index in [0.717, 1.165) is 34.1 Å². The van der Waals surface area contributed by atoms with Gasteiger partial charge in [-0.15, -0.1) is 0 Å². The Bertz CT molecular complexity index is 1310. The molecule has 1 fully saturated rings. The van der Waals surface area contributed by atoms with Crippen LogP contribution in [0.25, 0.3) is 27.7 Å². The number of aliphatic hydroxyl groups is 1. The summed E-state index contributed by atoms with van der Waals surface area (Å²) in [4.78, 5) is 21.5. The number of nitrogens with zero attached hydrogens (tertiary/aromatic N) is 3. The maximum atomic E-state index is 12.0. The topological polar surface area (TPSA) is 111 Å². The highest BCUT2D eigenvalue weighted by atomic mass is 16.5. The SMILES string of the molecule is CC(O)C(=O)N1CCC(Oc2ccc(-c3c[nH]c4ncc(C5=CCOCC5)cc34)cc2C#N)CC1. The lowest BCUT2D eigenvalue weighted by molar-refractivity contribution is -0.141. The van der Waals surface area contributed by atoms with Crippen LogP contribution in [0.15, 0.2) is 42.7 Å². The summed E-state index contributed by atoms with van der Waals surface area (Å²) in [7, 11) is 0. The molecule has 1 amide bonds. The largest absolute Gasteiger partial charge is 0.489 e. The molecule has 1 aromatic carbocycles. The average Bonchev–Trinajstić information content (AvgIpc) is 3.33. The molecule has 1 saturated heterocycles. The van der Waals surface area contributed by atoms with Crippen LogP contribution in [-0.4, -0.2) is 64.4 Å². The van der Waals surface area contributed by atoms with E-state index in [1.54, 1.807) is 4.90 Å². The van der Waals surface area contributed by atoms with Gasteiger partial charge >= 0.3 is 0 Å². The lowest BCUT2D eigenvalue weighted by Crippen LogP contribution is -2.45. The first kappa shape index (κ1) is 23.1. The summed E-state index contributed by atoms with van der Waals surface area (Å²) < 4.78 is 11.6. The van der Waals surface area contributed by atoms with Crippen LogP contribution >= 0.6 is 0 Å². The van der Waals surface area contributed by atoms with Crippen LogP contribution in [0.5, 0.6) is 5.75 Å². The highest BCUT2D eigenvalue weighted by Gasteiger charge is 2.26. The summed E-state index contributed by atoms with van der Waals surface area (Å²) in [6.07, 6.45) is 7.01. The van der Waals surface area contributed by atoms with Crippen molar-refractivity contribution < 1.29 is 19.4 Å². The van der Waals surface area contributed by atoms with Crippen LogP contribution in [0.4, 0.5) is 0 Å². The molecule has 2 aromatic heterocycles. The molecular formula is C27H28N4O4. The number of H-pyrrole nitrogens is 1. The molecule has 2 N–H and O–H groups in total. The van der Waals surface area contributed by atoms with Crippen LogP contribution in [0.3, 0.4) is 0 Å². The van der Waals surface area contributed by atoms with E-state index in [1.807, 2.05) is 30.6 Å². The van der Waals surface area contributed by atoms with Gasteiger partial charge in [0.25, 0.3) is 5.91 Å². The number of aromatic amines is 1. The number of carbonyl (C=O) groups excluding carboxylic acids is 1. The van der Waals surface area contributed by atoms with Crippen molar-refractivity contribution in [2.75, 3.05) is 26.3 Å². The zero-order valence-corrected chi connectivity index (χ0v) is 19.7. The Kier molecular flexibility index (Phi) is 6.53. The Labute approximate surface area is 203 Å². The van der Waals surface area contributed by atoms with Crippen molar-refractivity contribution in [3.8, 4) is 22.9 Å². The molecule has 3 aromatic rings. The number of rotatable bonds is 5. The van der Waals surface area contributed by atoms with E-state index in [1.165, 1.54) is 12.5 Å². The van der Waals surface area contributed by atoms with Gasteiger partial charge in [0.15, 0.2) is 0 Å². The summed E-state index contributed by atoms with van der Waals surface area (Å²) in [5.41, 5.74) is 5.49. The van der Waals surface area contributed by atoms with Gasteiger partial charge in [-0.1, -0.05) is 12.1 Å². The van der Waals surface area contributed by atoms with Crippen LogP contribution in [0.1, 0.15) is 37.3 Å². The Morgan fingerprint density at radius 3 is 2.86 bits per heavy atom. The van der Waals surface area contributed by atoms with E-state index in [0.29, 0.717) is 50.5 Å². The number of hydrogen-bond donors (Lipinski definition) is 2. The molecule has 0 saturated carbocycles. The lowest BCUT2D eigenvalue weighted by atomic mass is 9.99. The van der Waals surface area contributed by atoms with Gasteiger partial charge < -0.3 is 24.5 Å². The van der Waals surface area contributed by atoms with E-state index in [9.17, 15) is 15.2 Å². The zero-order chi connectivity index (χ0) is 24.4. The molecule has 180 valence electrons. The number of benzene rings is 1. The van der Waals surface area contributed by atoms with E-state index in [2.05, 4.69) is 28.2 Å². The number of likely N-dealkylation sites (tertiary alicyclic amines) is 1. The lowest BCUT2D eigenvalue weighted by Gasteiger charge is -2.33. The third-order valence-electron chi connectivity index (χ3n) is 6.68. The number of piperidine rings is 1. The maximum Gasteiger partial charge on any atom is 0.251 e. The molecule has 1 atom stereocenters. The highest BCUT2D eigenvalue weighted by molar-refractivity contribution is 5.95. The van der Waals surface area contributed by atoms with Gasteiger partial charge in [-0.25, -0.2) is 4.98 Å². The van der Waals surface area contributed by atoms with Crippen molar-refractivity contribution in [2.24, 2.45) is 0 Å². The number of hydrogen-bond acceptors (Lipinski definition) is 6. The van der Waals surface area contributed by atoms with E-state index >= 15 is 0 Å². The third kappa shape index (κ3) is 4.78. The molecule has 0 radical (unpaired) electrons. The van der Waals surface area contributed by atoms with Crippen molar-refractivity contribution in [3.63, 3.8) is 0 Å². The Morgan fingerprint density at radius 1 is 1.31 bits per heavy atom. The van der Waals surface area contributed by atoms with Crippen LogP contribution < -0.4 is 4.74 Å². The first-order valence-electron chi connectivity index (χ1n) is 12.0. The third-order valence-corrected chi connectivity index (χ3v) is 6.68. The van der Waals surface area contributed by atoms with Crippen LogP contribution in [0.2, 0.25) is 0 Å². The first-order valence-corrected chi connectivity index (χ1v) is 12.0. The van der Waals surface area contributed by atoms with E-state index in [4.69, 9.17) is 9.47 Å². The molecular weight excluding hydrogens is 444 g/mol. The number of carbonyl (C=O) groups is 1. The second kappa shape index (κ2) is 9.90. The number of aliphatic hydroxyl groups excluding tert-OH is 1. The smallest absolute Gasteiger partial charge is 0.251 e. The Hall–Kier alpha value is -3.67. The highest BCUT2D eigenvalue weighted by Crippen LogP contribution is 2.34. The van der Waals surface area contributed by atoms with Crippen molar-refractivity contribution in [3.05, 3.63) is 53.9 Å². The maximum absolute atomic E-state index is 12.0. The van der Waals surface area contributed by atoms with Gasteiger partial charge in [0.1, 0.15) is 29.7 Å². The quantitative estimate of drug-likeness (QED) is 0.586. The van der Waals surface area contributed by atoms with Gasteiger partial charge in [-0.2, -0.15) is 5.26 Å². The second-order valence-electron chi connectivity index (χ2n) is 9.02. The first-order chi connectivity index (χ1) is 17.0. The fraction of sp³-hybridized carbons (Fsp3) is 0.370. The molecule has 35 heavy (non-hydrogen) atoms. The second-order valence-corrected chi connectivity index (χ2v) is 9.02. The van der Waals surface area contributed by atoms with Gasteiger partial charge in [0.2, 0.25) is 0 Å². The summed E-state index contributed by atoms with van der Waals surface area (Å²) in [6.45, 7) is 3.88. The fourth-order valence-corrected chi connectivity index (χ4v) is 4.73. The molecule has 1 unspecified atom stereocenters. The van der Waals surface area contributed by atoms with E-state index < -0.39 is 6.10 Å². The van der Waals surface area contributed by atoms with Crippen LogP contribution in [0, 0.1) is 11.3 Å². The summed E-state index contributed by atoms with van der Waals surface area (Å²) in [5.74, 6) is 0.289. The fourth-order valence-electron chi connectivity index (χ4n) is 4.73. The molecule has 0 spiro atoms. The predicted molar refractivity (Wildman–Crippen MR) is 132 cm³/mol. The summed E-state index contributed by atoms with van der Waals surface area (Å²) >= 11 is 0. The number of ether oxygens (including phenoxy) is 2. The van der Waals surface area contributed by atoms with Gasteiger partial charge in [-0.3, -0.25) is 4.79 Å². The standard InChI is InChI=1S/C27H28N4O4/c1-17(32)27(33)31-8-4-22(5-9-31)35-25-3-2-19(12-20(25)14-28)24-16-30-26-23(24)13-21(15-29-26)18-6-10-34-11-7-18/h2-3,6,12-13,15-17,22,32H,4-5,7-11H2,1H3,(H,29,30). The molecule has 5 rings (SSSR count). The average molecular weight is 473 g/mol. The number of nitriles is 1. The number of pyridine rings is 1. The minimum Gasteiger partial charge on any atom is -0.489 e. The molecule has 0 bridgehead atoms. The predicted octanol–water partition coefficient (Wildman–Crippen LogP) is 3.66. The van der Waals surface area contributed by atoms with Crippen LogP contribution in [-0.2, 0) is 9.53 Å². The minimum atomic E-state index is -0.991. The monoisotopic (exact) mass is 472 g/mol. The normalized spacial score (nSPS) is 17.6. The Balaban J connectivity index is 1.36. The molecule has 0 aliphatic carbocycles. The van der Waals surface area contributed by atoms with Crippen molar-refractivity contribution >= 4 is 22.5 Å².